The van der Waals surface area contributed by atoms with E-state index in [-0.39, 0.29) is 0 Å². The Bertz CT molecular complexity index is 304. The quantitative estimate of drug-likeness (QED) is 0.523. The second-order valence-electron chi connectivity index (χ2n) is 4.57. The van der Waals surface area contributed by atoms with Gasteiger partial charge in [-0.3, -0.25) is 0 Å². The number of allylic oxidation sites excluding steroid dienone is 6. The van der Waals surface area contributed by atoms with Gasteiger partial charge in [0.05, 0.1) is 0 Å². The second kappa shape index (κ2) is 2.87. The van der Waals surface area contributed by atoms with E-state index in [1.807, 2.05) is 0 Å². The minimum atomic E-state index is 0.858. The molecule has 0 aromatic rings. The summed E-state index contributed by atoms with van der Waals surface area (Å²) in [7, 11) is 0. The van der Waals surface area contributed by atoms with Crippen LogP contribution in [-0.2, 0) is 0 Å². The van der Waals surface area contributed by atoms with Crippen molar-refractivity contribution in [3.05, 3.63) is 35.5 Å². The van der Waals surface area contributed by atoms with Crippen LogP contribution < -0.4 is 0 Å². The summed E-state index contributed by atoms with van der Waals surface area (Å²) in [5, 5.41) is 0. The van der Waals surface area contributed by atoms with E-state index in [1.165, 1.54) is 32.1 Å². The minimum absolute atomic E-state index is 0.858. The monoisotopic (exact) mass is 172 g/mol. The van der Waals surface area contributed by atoms with Gasteiger partial charge in [0, 0.05) is 0 Å². The van der Waals surface area contributed by atoms with Crippen LogP contribution in [0.1, 0.15) is 32.1 Å². The van der Waals surface area contributed by atoms with Gasteiger partial charge in [-0.25, -0.2) is 0 Å². The third kappa shape index (κ3) is 1.20. The summed E-state index contributed by atoms with van der Waals surface area (Å²) in [5.74, 6) is 1.81. The average Bonchev–Trinajstić information content (AvgIpc) is 2.61. The van der Waals surface area contributed by atoms with E-state index in [9.17, 15) is 0 Å². The molecule has 0 heterocycles. The van der Waals surface area contributed by atoms with Crippen molar-refractivity contribution in [1.82, 2.24) is 0 Å². The van der Waals surface area contributed by atoms with Crippen molar-refractivity contribution in [2.45, 2.75) is 32.1 Å². The largest absolute Gasteiger partial charge is 0.0839 e. The maximum Gasteiger partial charge on any atom is -0.0122 e. The van der Waals surface area contributed by atoms with Crippen LogP contribution in [0.15, 0.2) is 35.5 Å². The van der Waals surface area contributed by atoms with E-state index in [4.69, 9.17) is 0 Å². The summed E-state index contributed by atoms with van der Waals surface area (Å²) in [6, 6.07) is 0. The molecule has 2 atom stereocenters. The molecule has 0 aliphatic heterocycles. The molecule has 1 fully saturated rings. The molecule has 3 aliphatic rings. The molecule has 0 radical (unpaired) electrons. The molecule has 0 heteroatoms. The van der Waals surface area contributed by atoms with Crippen LogP contribution >= 0.6 is 0 Å². The molecule has 3 rings (SSSR count). The first kappa shape index (κ1) is 7.61. The predicted octanol–water partition coefficient (Wildman–Crippen LogP) is 3.62. The molecule has 0 aromatic carbocycles. The van der Waals surface area contributed by atoms with Gasteiger partial charge in [-0.05, 0) is 49.5 Å². The molecule has 0 aromatic heterocycles. The summed E-state index contributed by atoms with van der Waals surface area (Å²) in [6.45, 7) is 0. The van der Waals surface area contributed by atoms with Crippen LogP contribution in [0.3, 0.4) is 0 Å². The van der Waals surface area contributed by atoms with Gasteiger partial charge in [0.25, 0.3) is 0 Å². The average molecular weight is 172 g/mol. The normalized spacial score (nSPS) is 36.3. The van der Waals surface area contributed by atoms with Crippen molar-refractivity contribution in [3.63, 3.8) is 0 Å². The third-order valence-corrected chi connectivity index (χ3v) is 3.78. The van der Waals surface area contributed by atoms with Gasteiger partial charge in [0.1, 0.15) is 0 Å². The van der Waals surface area contributed by atoms with Crippen LogP contribution in [0.25, 0.3) is 0 Å². The van der Waals surface area contributed by atoms with Crippen LogP contribution in [0.5, 0.6) is 0 Å². The predicted molar refractivity (Wildman–Crippen MR) is 55.4 cm³/mol. The number of hydrogen-bond acceptors (Lipinski definition) is 0. The Morgan fingerprint density at radius 2 is 2.23 bits per heavy atom. The molecule has 2 unspecified atom stereocenters. The summed E-state index contributed by atoms with van der Waals surface area (Å²) in [5.41, 5.74) is 3.36. The summed E-state index contributed by atoms with van der Waals surface area (Å²) < 4.78 is 0. The van der Waals surface area contributed by atoms with Crippen molar-refractivity contribution < 1.29 is 0 Å². The fraction of sp³-hybridized carbons (Fsp3) is 0.538. The second-order valence-corrected chi connectivity index (χ2v) is 4.57. The van der Waals surface area contributed by atoms with E-state index in [0.717, 1.165) is 11.8 Å². The molecule has 0 amide bonds. The van der Waals surface area contributed by atoms with E-state index >= 15 is 0 Å². The summed E-state index contributed by atoms with van der Waals surface area (Å²) in [4.78, 5) is 0. The van der Waals surface area contributed by atoms with Crippen molar-refractivity contribution in [1.29, 1.82) is 0 Å². The lowest BCUT2D eigenvalue weighted by Gasteiger charge is -2.29. The Labute approximate surface area is 80.0 Å². The smallest absolute Gasteiger partial charge is 0.0122 e. The Hall–Kier alpha value is -0.780. The standard InChI is InChI=1S/C13H16/c1-2-5-11-9-13-7-3-6-12(13)8-10(11)4-1/h1-2,4,8,11,13H,3,5-7,9H2. The van der Waals surface area contributed by atoms with Crippen molar-refractivity contribution >= 4 is 0 Å². The van der Waals surface area contributed by atoms with Gasteiger partial charge >= 0.3 is 0 Å². The SMILES string of the molecule is C1=CCC2CC3CCCC3=CC2=C1. The topological polar surface area (TPSA) is 0 Å². The zero-order valence-corrected chi connectivity index (χ0v) is 8.00. The Kier molecular flexibility index (Phi) is 1.68. The van der Waals surface area contributed by atoms with Crippen LogP contribution in [0.2, 0.25) is 0 Å². The molecule has 0 bridgehead atoms. The van der Waals surface area contributed by atoms with Gasteiger partial charge in [-0.2, -0.15) is 0 Å². The first-order chi connectivity index (χ1) is 6.43. The zero-order valence-electron chi connectivity index (χ0n) is 8.00. The highest BCUT2D eigenvalue weighted by Crippen LogP contribution is 2.44. The van der Waals surface area contributed by atoms with Gasteiger partial charge in [-0.15, -0.1) is 0 Å². The van der Waals surface area contributed by atoms with Crippen molar-refractivity contribution in [2.75, 3.05) is 0 Å². The molecule has 0 spiro atoms. The highest BCUT2D eigenvalue weighted by atomic mass is 14.3. The molecular weight excluding hydrogens is 156 g/mol. The Morgan fingerprint density at radius 3 is 3.23 bits per heavy atom. The van der Waals surface area contributed by atoms with Crippen molar-refractivity contribution in [2.24, 2.45) is 11.8 Å². The number of hydrogen-bond donors (Lipinski definition) is 0. The highest BCUT2D eigenvalue weighted by molar-refractivity contribution is 5.37. The van der Waals surface area contributed by atoms with E-state index < -0.39 is 0 Å². The first-order valence-corrected chi connectivity index (χ1v) is 5.50. The van der Waals surface area contributed by atoms with Crippen LogP contribution in [0, 0.1) is 11.8 Å². The van der Waals surface area contributed by atoms with Gasteiger partial charge in [-0.1, -0.05) is 29.9 Å². The molecule has 3 aliphatic carbocycles. The zero-order chi connectivity index (χ0) is 8.67. The lowest BCUT2D eigenvalue weighted by atomic mass is 9.76. The van der Waals surface area contributed by atoms with Gasteiger partial charge in [0.15, 0.2) is 0 Å². The Morgan fingerprint density at radius 1 is 1.23 bits per heavy atom. The Balaban J connectivity index is 1.97. The van der Waals surface area contributed by atoms with E-state index in [0.29, 0.717) is 0 Å². The van der Waals surface area contributed by atoms with E-state index in [1.54, 1.807) is 11.1 Å². The molecule has 0 nitrogen and oxygen atoms in total. The van der Waals surface area contributed by atoms with Crippen LogP contribution in [0.4, 0.5) is 0 Å². The first-order valence-electron chi connectivity index (χ1n) is 5.50. The highest BCUT2D eigenvalue weighted by Gasteiger charge is 2.29. The lowest BCUT2D eigenvalue weighted by molar-refractivity contribution is 0.445. The molecular formula is C13H16. The molecule has 0 saturated heterocycles. The summed E-state index contributed by atoms with van der Waals surface area (Å²) in [6.07, 6.45) is 16.3. The van der Waals surface area contributed by atoms with Crippen molar-refractivity contribution in [3.8, 4) is 0 Å². The van der Waals surface area contributed by atoms with Crippen LogP contribution in [-0.4, -0.2) is 0 Å². The number of rotatable bonds is 0. The maximum atomic E-state index is 2.50. The molecule has 0 N–H and O–H groups in total. The van der Waals surface area contributed by atoms with E-state index in [2.05, 4.69) is 24.3 Å². The van der Waals surface area contributed by atoms with Gasteiger partial charge < -0.3 is 0 Å². The molecule has 13 heavy (non-hydrogen) atoms. The molecule has 68 valence electrons. The summed E-state index contributed by atoms with van der Waals surface area (Å²) >= 11 is 0. The van der Waals surface area contributed by atoms with Gasteiger partial charge in [0.2, 0.25) is 0 Å². The maximum absolute atomic E-state index is 2.50. The number of fused-ring (bicyclic) bond motifs is 2. The third-order valence-electron chi connectivity index (χ3n) is 3.78. The fourth-order valence-electron chi connectivity index (χ4n) is 3.05. The fourth-order valence-corrected chi connectivity index (χ4v) is 3.05. The molecule has 1 saturated carbocycles. The lowest BCUT2D eigenvalue weighted by Crippen LogP contribution is -2.15. The minimum Gasteiger partial charge on any atom is -0.0839 e.